The highest BCUT2D eigenvalue weighted by Gasteiger charge is 2.41. The molecule has 1 N–H and O–H groups in total. The summed E-state index contributed by atoms with van der Waals surface area (Å²) >= 11 is 6.11. The van der Waals surface area contributed by atoms with Gasteiger partial charge in [0.1, 0.15) is 0 Å². The zero-order chi connectivity index (χ0) is 25.1. The van der Waals surface area contributed by atoms with Crippen molar-refractivity contribution in [2.45, 2.75) is 18.9 Å². The summed E-state index contributed by atoms with van der Waals surface area (Å²) in [6.45, 7) is 3.14. The summed E-state index contributed by atoms with van der Waals surface area (Å²) in [6.07, 6.45) is 1.47. The Morgan fingerprint density at radius 2 is 1.78 bits per heavy atom. The molecule has 2 heterocycles. The van der Waals surface area contributed by atoms with Gasteiger partial charge in [0, 0.05) is 42.6 Å². The fourth-order valence-electron chi connectivity index (χ4n) is 5.44. The molecular formula is C29H32ClN3O3. The molecule has 1 fully saturated rings. The first kappa shape index (κ1) is 24.3. The molecule has 7 heteroatoms. The summed E-state index contributed by atoms with van der Waals surface area (Å²) in [5.41, 5.74) is 4.74. The molecule has 3 aromatic carbocycles. The molecule has 6 nitrogen and oxygen atoms in total. The zero-order valence-corrected chi connectivity index (χ0v) is 21.5. The van der Waals surface area contributed by atoms with Gasteiger partial charge in [-0.2, -0.15) is 0 Å². The topological polar surface area (TPSA) is 54.0 Å². The third-order valence-electron chi connectivity index (χ3n) is 7.31. The fourth-order valence-corrected chi connectivity index (χ4v) is 5.57. The van der Waals surface area contributed by atoms with Crippen LogP contribution in [-0.2, 0) is 17.6 Å². The third kappa shape index (κ3) is 4.96. The van der Waals surface area contributed by atoms with Crippen molar-refractivity contribution in [3.05, 3.63) is 82.9 Å². The molecule has 0 aliphatic carbocycles. The maximum absolute atomic E-state index is 13.5. The SMILES string of the molecule is COc1ccc(CCNC(=O)C2Cc3ccccc3N3CCN(c4ccc(Cl)cc4)CC23)cc1OC. The number of amides is 1. The molecule has 2 aliphatic heterocycles. The van der Waals surface area contributed by atoms with Crippen molar-refractivity contribution in [1.82, 2.24) is 5.32 Å². The van der Waals surface area contributed by atoms with Gasteiger partial charge < -0.3 is 24.6 Å². The Hall–Kier alpha value is -3.38. The Balaban J connectivity index is 1.30. The van der Waals surface area contributed by atoms with Crippen LogP contribution >= 0.6 is 11.6 Å². The number of benzene rings is 3. The number of methoxy groups -OCH3 is 2. The minimum absolute atomic E-state index is 0.102. The molecule has 2 atom stereocenters. The number of hydrogen-bond donors (Lipinski definition) is 1. The van der Waals surface area contributed by atoms with Gasteiger partial charge in [-0.15, -0.1) is 0 Å². The summed E-state index contributed by atoms with van der Waals surface area (Å²) in [4.78, 5) is 18.4. The Kier molecular flexibility index (Phi) is 7.23. The van der Waals surface area contributed by atoms with E-state index in [-0.39, 0.29) is 17.9 Å². The second kappa shape index (κ2) is 10.7. The van der Waals surface area contributed by atoms with Crippen molar-refractivity contribution < 1.29 is 14.3 Å². The van der Waals surface area contributed by atoms with Gasteiger partial charge in [-0.05, 0) is 66.4 Å². The van der Waals surface area contributed by atoms with E-state index in [1.54, 1.807) is 14.2 Å². The van der Waals surface area contributed by atoms with Crippen LogP contribution in [0, 0.1) is 5.92 Å². The lowest BCUT2D eigenvalue weighted by molar-refractivity contribution is -0.125. The van der Waals surface area contributed by atoms with Crippen LogP contribution in [0.3, 0.4) is 0 Å². The average molecular weight is 506 g/mol. The molecule has 0 bridgehead atoms. The van der Waals surface area contributed by atoms with Gasteiger partial charge in [-0.25, -0.2) is 0 Å². The average Bonchev–Trinajstić information content (AvgIpc) is 2.92. The van der Waals surface area contributed by atoms with Crippen molar-refractivity contribution in [1.29, 1.82) is 0 Å². The van der Waals surface area contributed by atoms with Crippen LogP contribution in [0.4, 0.5) is 11.4 Å². The fraction of sp³-hybridized carbons (Fsp3) is 0.345. The van der Waals surface area contributed by atoms with Crippen LogP contribution in [0.2, 0.25) is 5.02 Å². The van der Waals surface area contributed by atoms with Crippen LogP contribution in [-0.4, -0.2) is 52.3 Å². The minimum Gasteiger partial charge on any atom is -0.493 e. The predicted octanol–water partition coefficient (Wildman–Crippen LogP) is 4.58. The van der Waals surface area contributed by atoms with E-state index in [0.717, 1.165) is 48.7 Å². The first-order chi connectivity index (χ1) is 17.6. The smallest absolute Gasteiger partial charge is 0.225 e. The van der Waals surface area contributed by atoms with Crippen LogP contribution < -0.4 is 24.6 Å². The molecule has 0 radical (unpaired) electrons. The number of rotatable bonds is 7. The van der Waals surface area contributed by atoms with Gasteiger partial charge in [-0.1, -0.05) is 35.9 Å². The number of carbonyl (C=O) groups excluding carboxylic acids is 1. The number of nitrogens with one attached hydrogen (secondary N) is 1. The van der Waals surface area contributed by atoms with E-state index in [4.69, 9.17) is 21.1 Å². The molecule has 0 spiro atoms. The monoisotopic (exact) mass is 505 g/mol. The first-order valence-corrected chi connectivity index (χ1v) is 12.8. The molecule has 188 valence electrons. The van der Waals surface area contributed by atoms with Gasteiger partial charge in [0.05, 0.1) is 26.2 Å². The van der Waals surface area contributed by atoms with Crippen LogP contribution in [0.15, 0.2) is 66.7 Å². The number of ether oxygens (including phenoxy) is 2. The summed E-state index contributed by atoms with van der Waals surface area (Å²) in [7, 11) is 3.26. The maximum atomic E-state index is 13.5. The lowest BCUT2D eigenvalue weighted by Gasteiger charge is -2.49. The summed E-state index contributed by atoms with van der Waals surface area (Å²) in [5, 5.41) is 3.95. The first-order valence-electron chi connectivity index (χ1n) is 12.4. The van der Waals surface area contributed by atoms with Crippen LogP contribution in [0.1, 0.15) is 11.1 Å². The third-order valence-corrected chi connectivity index (χ3v) is 7.57. The van der Waals surface area contributed by atoms with Gasteiger partial charge >= 0.3 is 0 Å². The van der Waals surface area contributed by atoms with Gasteiger partial charge in [-0.3, -0.25) is 4.79 Å². The standard InChI is InChI=1S/C29H32ClN3O3/c1-35-27-12-7-20(17-28(27)36-2)13-14-31-29(34)24-18-21-5-3-4-6-25(21)33-16-15-32(19-26(24)33)23-10-8-22(30)9-11-23/h3-12,17,24,26H,13-16,18-19H2,1-2H3,(H,31,34). The molecule has 3 aromatic rings. The predicted molar refractivity (Wildman–Crippen MR) is 145 cm³/mol. The molecule has 0 saturated carbocycles. The number of piperazine rings is 1. The van der Waals surface area contributed by atoms with E-state index in [1.807, 2.05) is 30.3 Å². The molecule has 0 aromatic heterocycles. The summed E-state index contributed by atoms with van der Waals surface area (Å²) < 4.78 is 10.7. The van der Waals surface area contributed by atoms with Gasteiger partial charge in [0.15, 0.2) is 11.5 Å². The van der Waals surface area contributed by atoms with Crippen molar-refractivity contribution >= 4 is 28.9 Å². The van der Waals surface area contributed by atoms with E-state index in [1.165, 1.54) is 11.3 Å². The number of fused-ring (bicyclic) bond motifs is 3. The molecule has 36 heavy (non-hydrogen) atoms. The van der Waals surface area contributed by atoms with Crippen LogP contribution in [0.5, 0.6) is 11.5 Å². The second-order valence-corrected chi connectivity index (χ2v) is 9.79. The Bertz CT molecular complexity index is 1220. The number of anilines is 2. The molecule has 1 amide bonds. The molecule has 2 aliphatic rings. The van der Waals surface area contributed by atoms with Crippen molar-refractivity contribution in [2.24, 2.45) is 5.92 Å². The normalized spacial score (nSPS) is 18.8. The summed E-state index contributed by atoms with van der Waals surface area (Å²) in [6, 6.07) is 22.5. The second-order valence-electron chi connectivity index (χ2n) is 9.35. The molecule has 1 saturated heterocycles. The number of para-hydroxylation sites is 1. The number of carbonyl (C=O) groups is 1. The molecule has 5 rings (SSSR count). The highest BCUT2D eigenvalue weighted by Crippen LogP contribution is 2.37. The lowest BCUT2D eigenvalue weighted by atomic mass is 9.83. The van der Waals surface area contributed by atoms with E-state index in [2.05, 4.69) is 51.5 Å². The van der Waals surface area contributed by atoms with Crippen molar-refractivity contribution in [3.63, 3.8) is 0 Å². The lowest BCUT2D eigenvalue weighted by Crippen LogP contribution is -2.61. The van der Waals surface area contributed by atoms with E-state index in [9.17, 15) is 4.79 Å². The minimum atomic E-state index is -0.125. The quantitative estimate of drug-likeness (QED) is 0.509. The Morgan fingerprint density at radius 1 is 1.00 bits per heavy atom. The Labute approximate surface area is 217 Å². The highest BCUT2D eigenvalue weighted by molar-refractivity contribution is 6.30. The largest absolute Gasteiger partial charge is 0.493 e. The molecular weight excluding hydrogens is 474 g/mol. The van der Waals surface area contributed by atoms with Gasteiger partial charge in [0.25, 0.3) is 0 Å². The number of hydrogen-bond acceptors (Lipinski definition) is 5. The molecule has 2 unspecified atom stereocenters. The zero-order valence-electron chi connectivity index (χ0n) is 20.7. The Morgan fingerprint density at radius 3 is 2.56 bits per heavy atom. The summed E-state index contributed by atoms with van der Waals surface area (Å²) in [5.74, 6) is 1.39. The van der Waals surface area contributed by atoms with E-state index < -0.39 is 0 Å². The van der Waals surface area contributed by atoms with Gasteiger partial charge in [0.2, 0.25) is 5.91 Å². The van der Waals surface area contributed by atoms with Crippen molar-refractivity contribution in [3.8, 4) is 11.5 Å². The van der Waals surface area contributed by atoms with Crippen molar-refractivity contribution in [2.75, 3.05) is 50.2 Å². The van der Waals surface area contributed by atoms with E-state index >= 15 is 0 Å². The number of nitrogens with zero attached hydrogens (tertiary/aromatic N) is 2. The van der Waals surface area contributed by atoms with Crippen LogP contribution in [0.25, 0.3) is 0 Å². The number of halogens is 1. The van der Waals surface area contributed by atoms with E-state index in [0.29, 0.717) is 18.0 Å². The highest BCUT2D eigenvalue weighted by atomic mass is 35.5. The maximum Gasteiger partial charge on any atom is 0.225 e.